The number of hydrogen-bond acceptors (Lipinski definition) is 3. The quantitative estimate of drug-likeness (QED) is 0.569. The van der Waals surface area contributed by atoms with Crippen LogP contribution in [0.25, 0.3) is 0 Å². The molecule has 0 aromatic carbocycles. The summed E-state index contributed by atoms with van der Waals surface area (Å²) in [4.78, 5) is 21.8. The average molecular weight is 275 g/mol. The number of nitrogens with one attached hydrogen (secondary N) is 1. The van der Waals surface area contributed by atoms with E-state index < -0.39 is 5.97 Å². The van der Waals surface area contributed by atoms with Gasteiger partial charge in [-0.25, -0.2) is 0 Å². The SMILES string of the molecule is CCCCSCC(=O)NCCC(C)CCC(=O)O. The van der Waals surface area contributed by atoms with Crippen LogP contribution < -0.4 is 5.32 Å². The summed E-state index contributed by atoms with van der Waals surface area (Å²) >= 11 is 1.67. The van der Waals surface area contributed by atoms with E-state index in [1.54, 1.807) is 11.8 Å². The van der Waals surface area contributed by atoms with Gasteiger partial charge in [-0.05, 0) is 30.9 Å². The van der Waals surface area contributed by atoms with Crippen molar-refractivity contribution in [3.63, 3.8) is 0 Å². The molecular formula is C13H25NO3S. The van der Waals surface area contributed by atoms with Crippen LogP contribution in [0.1, 0.15) is 46.0 Å². The van der Waals surface area contributed by atoms with Gasteiger partial charge in [-0.3, -0.25) is 9.59 Å². The lowest BCUT2D eigenvalue weighted by molar-refractivity contribution is -0.137. The smallest absolute Gasteiger partial charge is 0.303 e. The third kappa shape index (κ3) is 11.8. The van der Waals surface area contributed by atoms with Gasteiger partial charge in [-0.1, -0.05) is 20.3 Å². The molecule has 1 unspecified atom stereocenters. The summed E-state index contributed by atoms with van der Waals surface area (Å²) in [6, 6.07) is 0. The predicted octanol–water partition coefficient (Wildman–Crippen LogP) is 2.53. The molecule has 5 heteroatoms. The maximum atomic E-state index is 11.4. The molecule has 0 aromatic heterocycles. The third-order valence-corrected chi connectivity index (χ3v) is 3.73. The molecule has 106 valence electrons. The monoisotopic (exact) mass is 275 g/mol. The van der Waals surface area contributed by atoms with Crippen LogP contribution in [0.4, 0.5) is 0 Å². The van der Waals surface area contributed by atoms with Crippen molar-refractivity contribution < 1.29 is 14.7 Å². The second-order valence-corrected chi connectivity index (χ2v) is 5.69. The van der Waals surface area contributed by atoms with E-state index in [1.807, 2.05) is 6.92 Å². The van der Waals surface area contributed by atoms with Crippen LogP contribution in [0.2, 0.25) is 0 Å². The molecule has 0 aliphatic carbocycles. The maximum Gasteiger partial charge on any atom is 0.303 e. The fourth-order valence-corrected chi connectivity index (χ4v) is 2.36. The van der Waals surface area contributed by atoms with Crippen LogP contribution in [-0.2, 0) is 9.59 Å². The fourth-order valence-electron chi connectivity index (χ4n) is 1.43. The molecule has 2 N–H and O–H groups in total. The highest BCUT2D eigenvalue weighted by atomic mass is 32.2. The lowest BCUT2D eigenvalue weighted by Crippen LogP contribution is -2.27. The number of carboxylic acid groups (broad SMARTS) is 1. The average Bonchev–Trinajstić information content (AvgIpc) is 2.32. The summed E-state index contributed by atoms with van der Waals surface area (Å²) < 4.78 is 0. The molecule has 0 fully saturated rings. The van der Waals surface area contributed by atoms with Gasteiger partial charge in [0.2, 0.25) is 5.91 Å². The number of amides is 1. The first-order valence-electron chi connectivity index (χ1n) is 6.62. The molecule has 0 heterocycles. The highest BCUT2D eigenvalue weighted by Crippen LogP contribution is 2.09. The Morgan fingerprint density at radius 1 is 1.33 bits per heavy atom. The number of hydrogen-bond donors (Lipinski definition) is 2. The summed E-state index contributed by atoms with van der Waals surface area (Å²) in [7, 11) is 0. The normalized spacial score (nSPS) is 12.1. The Bertz CT molecular complexity index is 246. The van der Waals surface area contributed by atoms with E-state index in [-0.39, 0.29) is 12.3 Å². The Hall–Kier alpha value is -0.710. The Labute approximate surface area is 114 Å². The van der Waals surface area contributed by atoms with Crippen LogP contribution in [-0.4, -0.2) is 35.0 Å². The zero-order valence-corrected chi connectivity index (χ0v) is 12.2. The Kier molecular flexibility index (Phi) is 10.9. The molecule has 0 aliphatic rings. The van der Waals surface area contributed by atoms with Gasteiger partial charge in [0.15, 0.2) is 0 Å². The summed E-state index contributed by atoms with van der Waals surface area (Å²) in [6.45, 7) is 4.80. The fraction of sp³-hybridized carbons (Fsp3) is 0.846. The Morgan fingerprint density at radius 2 is 2.06 bits per heavy atom. The predicted molar refractivity (Wildman–Crippen MR) is 75.9 cm³/mol. The summed E-state index contributed by atoms with van der Waals surface area (Å²) in [6.07, 6.45) is 4.05. The lowest BCUT2D eigenvalue weighted by atomic mass is 10.0. The zero-order chi connectivity index (χ0) is 13.8. The molecule has 0 aliphatic heterocycles. The molecule has 1 amide bonds. The van der Waals surface area contributed by atoms with Crippen molar-refractivity contribution >= 4 is 23.6 Å². The van der Waals surface area contributed by atoms with Gasteiger partial charge in [0.05, 0.1) is 5.75 Å². The van der Waals surface area contributed by atoms with E-state index in [2.05, 4.69) is 12.2 Å². The van der Waals surface area contributed by atoms with Crippen LogP contribution in [0.5, 0.6) is 0 Å². The minimum Gasteiger partial charge on any atom is -0.481 e. The molecule has 0 aromatic rings. The first kappa shape index (κ1) is 17.3. The zero-order valence-electron chi connectivity index (χ0n) is 11.4. The number of thioether (sulfide) groups is 1. The second kappa shape index (κ2) is 11.4. The lowest BCUT2D eigenvalue weighted by Gasteiger charge is -2.10. The van der Waals surface area contributed by atoms with Crippen molar-refractivity contribution in [1.82, 2.24) is 5.32 Å². The summed E-state index contributed by atoms with van der Waals surface area (Å²) in [5.74, 6) is 1.25. The molecule has 0 saturated heterocycles. The van der Waals surface area contributed by atoms with Gasteiger partial charge < -0.3 is 10.4 Å². The molecule has 1 atom stereocenters. The van der Waals surface area contributed by atoms with E-state index in [0.717, 1.165) is 25.0 Å². The molecule has 0 radical (unpaired) electrons. The Balaban J connectivity index is 3.41. The number of carbonyl (C=O) groups excluding carboxylic acids is 1. The molecule has 4 nitrogen and oxygen atoms in total. The molecular weight excluding hydrogens is 250 g/mol. The van der Waals surface area contributed by atoms with E-state index in [1.165, 1.54) is 0 Å². The van der Waals surface area contributed by atoms with Gasteiger partial charge in [-0.2, -0.15) is 11.8 Å². The van der Waals surface area contributed by atoms with Gasteiger partial charge in [-0.15, -0.1) is 0 Å². The summed E-state index contributed by atoms with van der Waals surface area (Å²) in [5.41, 5.74) is 0. The first-order valence-corrected chi connectivity index (χ1v) is 7.78. The van der Waals surface area contributed by atoms with Crippen molar-refractivity contribution in [3.05, 3.63) is 0 Å². The molecule has 0 spiro atoms. The maximum absolute atomic E-state index is 11.4. The van der Waals surface area contributed by atoms with E-state index in [9.17, 15) is 9.59 Å². The van der Waals surface area contributed by atoms with Gasteiger partial charge in [0.25, 0.3) is 0 Å². The number of rotatable bonds is 11. The minimum absolute atomic E-state index is 0.0848. The summed E-state index contributed by atoms with van der Waals surface area (Å²) in [5, 5.41) is 11.4. The van der Waals surface area contributed by atoms with Gasteiger partial charge in [0, 0.05) is 13.0 Å². The highest BCUT2D eigenvalue weighted by molar-refractivity contribution is 7.99. The molecule has 0 bridgehead atoms. The number of aliphatic carboxylic acids is 1. The van der Waals surface area contributed by atoms with E-state index >= 15 is 0 Å². The van der Waals surface area contributed by atoms with Gasteiger partial charge >= 0.3 is 5.97 Å². The van der Waals surface area contributed by atoms with Crippen molar-refractivity contribution in [2.24, 2.45) is 5.92 Å². The van der Waals surface area contributed by atoms with Crippen molar-refractivity contribution in [2.75, 3.05) is 18.1 Å². The highest BCUT2D eigenvalue weighted by Gasteiger charge is 2.06. The van der Waals surface area contributed by atoms with E-state index in [0.29, 0.717) is 24.6 Å². The topological polar surface area (TPSA) is 66.4 Å². The molecule has 0 rings (SSSR count). The number of carbonyl (C=O) groups is 2. The largest absolute Gasteiger partial charge is 0.481 e. The second-order valence-electron chi connectivity index (χ2n) is 4.58. The molecule has 0 saturated carbocycles. The number of carboxylic acids is 1. The van der Waals surface area contributed by atoms with Crippen LogP contribution in [0.3, 0.4) is 0 Å². The minimum atomic E-state index is -0.752. The third-order valence-electron chi connectivity index (χ3n) is 2.69. The van der Waals surface area contributed by atoms with Crippen LogP contribution in [0, 0.1) is 5.92 Å². The van der Waals surface area contributed by atoms with Crippen LogP contribution >= 0.6 is 11.8 Å². The van der Waals surface area contributed by atoms with Crippen molar-refractivity contribution in [2.45, 2.75) is 46.0 Å². The Morgan fingerprint density at radius 3 is 2.67 bits per heavy atom. The van der Waals surface area contributed by atoms with Crippen molar-refractivity contribution in [1.29, 1.82) is 0 Å². The first-order chi connectivity index (χ1) is 8.56. The number of unbranched alkanes of at least 4 members (excludes halogenated alkanes) is 1. The standard InChI is InChI=1S/C13H25NO3S/c1-3-4-9-18-10-12(15)14-8-7-11(2)5-6-13(16)17/h11H,3-10H2,1-2H3,(H,14,15)(H,16,17). The van der Waals surface area contributed by atoms with E-state index in [4.69, 9.17) is 5.11 Å². The van der Waals surface area contributed by atoms with Crippen LogP contribution in [0.15, 0.2) is 0 Å². The van der Waals surface area contributed by atoms with Crippen molar-refractivity contribution in [3.8, 4) is 0 Å². The van der Waals surface area contributed by atoms with Gasteiger partial charge in [0.1, 0.15) is 0 Å². The molecule has 18 heavy (non-hydrogen) atoms.